The van der Waals surface area contributed by atoms with E-state index in [0.717, 1.165) is 125 Å². The molecule has 3 amide bonds. The molecule has 120 heavy (non-hydrogen) atoms. The molecule has 3 saturated carbocycles. The Labute approximate surface area is 726 Å². The number of nitrogens with zero attached hydrogens (tertiary/aromatic N) is 9. The molecule has 3 aromatic heterocycles. The molecule has 15 rings (SSSR count). The van der Waals surface area contributed by atoms with Gasteiger partial charge in [-0.3, -0.25) is 38.9 Å². The lowest BCUT2D eigenvalue weighted by molar-refractivity contribution is -0.156. The van der Waals surface area contributed by atoms with E-state index in [4.69, 9.17) is 53.4 Å². The summed E-state index contributed by atoms with van der Waals surface area (Å²) in [7, 11) is -10.7. The van der Waals surface area contributed by atoms with Crippen LogP contribution in [0.1, 0.15) is 213 Å². The van der Waals surface area contributed by atoms with Crippen molar-refractivity contribution in [2.24, 2.45) is 38.5 Å². The van der Waals surface area contributed by atoms with Crippen LogP contribution >= 0.6 is 39.1 Å². The number of esters is 2. The van der Waals surface area contributed by atoms with E-state index >= 15 is 0 Å². The summed E-state index contributed by atoms with van der Waals surface area (Å²) < 4.78 is 98.7. The van der Waals surface area contributed by atoms with Gasteiger partial charge < -0.3 is 44.9 Å². The van der Waals surface area contributed by atoms with Gasteiger partial charge >= 0.3 is 11.9 Å². The fraction of sp³-hybridized carbons (Fsp3) is 0.568. The van der Waals surface area contributed by atoms with E-state index in [-0.39, 0.29) is 48.1 Å². The number of nitrogens with one attached hydrogen (secondary N) is 3. The summed E-state index contributed by atoms with van der Waals surface area (Å²) >= 11 is 13.1. The van der Waals surface area contributed by atoms with Gasteiger partial charge in [0.2, 0.25) is 30.1 Å². The zero-order valence-corrected chi connectivity index (χ0v) is 75.8. The van der Waals surface area contributed by atoms with E-state index in [1.54, 1.807) is 12.2 Å². The lowest BCUT2D eigenvalue weighted by Crippen LogP contribution is -2.50. The first kappa shape index (κ1) is 93.3. The number of piperidine rings is 3. The first-order valence-electron chi connectivity index (χ1n) is 42.5. The monoisotopic (exact) mass is 1810 g/mol. The molecule has 26 nitrogen and oxygen atoms in total. The average Bonchev–Trinajstić information content (AvgIpc) is 1.61. The molecule has 0 atom stereocenters. The molecule has 3 aliphatic carbocycles. The van der Waals surface area contributed by atoms with Crippen LogP contribution in [0.25, 0.3) is 44.9 Å². The number of aryl methyl sites for hydroxylation is 2. The van der Waals surface area contributed by atoms with Crippen molar-refractivity contribution in [1.29, 1.82) is 0 Å². The van der Waals surface area contributed by atoms with Gasteiger partial charge in [0.1, 0.15) is 45.3 Å². The Bertz CT molecular complexity index is 5150. The fourth-order valence-electron chi connectivity index (χ4n) is 17.5. The maximum absolute atomic E-state index is 13.3. The van der Waals surface area contributed by atoms with Crippen LogP contribution in [0, 0.1) is 17.8 Å². The lowest BCUT2D eigenvalue weighted by Gasteiger charge is -2.34. The minimum Gasteiger partial charge on any atom is -0.460 e. The largest absolute Gasteiger partial charge is 0.460 e. The van der Waals surface area contributed by atoms with Gasteiger partial charge in [-0.05, 0) is 197 Å². The number of aliphatic imine (C=N–C) groups is 3. The summed E-state index contributed by atoms with van der Waals surface area (Å²) in [5.74, 6) is 2.98. The number of fused-ring (bicyclic) bond motifs is 3. The third-order valence-corrected chi connectivity index (χ3v) is 29.3. The quantitative estimate of drug-likeness (QED) is 0.0385. The third kappa shape index (κ3) is 23.7. The van der Waals surface area contributed by atoms with E-state index in [9.17, 15) is 49.2 Å². The van der Waals surface area contributed by atoms with Gasteiger partial charge in [0, 0.05) is 168 Å². The normalized spacial score (nSPS) is 20.3. The predicted octanol–water partition coefficient (Wildman–Crippen LogP) is 15.2. The number of benzene rings is 3. The summed E-state index contributed by atoms with van der Waals surface area (Å²) in [5.41, 5.74) is 7.26. The van der Waals surface area contributed by atoms with E-state index in [1.807, 2.05) is 115 Å². The van der Waals surface area contributed by atoms with E-state index in [1.165, 1.54) is 79.6 Å². The zero-order chi connectivity index (χ0) is 86.3. The van der Waals surface area contributed by atoms with Crippen molar-refractivity contribution < 1.29 is 58.7 Å². The number of aromatic nitrogens is 3. The zero-order valence-electron chi connectivity index (χ0n) is 70.2. The van der Waals surface area contributed by atoms with Crippen molar-refractivity contribution >= 4 is 161 Å². The van der Waals surface area contributed by atoms with E-state index < -0.39 is 57.9 Å². The maximum atomic E-state index is 13.3. The van der Waals surface area contributed by atoms with Crippen LogP contribution in [-0.4, -0.2) is 178 Å². The van der Waals surface area contributed by atoms with Crippen molar-refractivity contribution in [2.45, 2.75) is 250 Å². The summed E-state index contributed by atoms with van der Waals surface area (Å²) in [4.78, 5) is 76.3. The lowest BCUT2D eigenvalue weighted by atomic mass is 9.88. The first-order chi connectivity index (χ1) is 57.1. The number of hydrogen-bond acceptors (Lipinski definition) is 17. The van der Waals surface area contributed by atoms with Crippen LogP contribution < -0.4 is 21.7 Å². The average molecular weight is 1820 g/mol. The second-order valence-electron chi connectivity index (χ2n) is 34.6. The van der Waals surface area contributed by atoms with Gasteiger partial charge in [0.15, 0.2) is 0 Å². The Morgan fingerprint density at radius 3 is 1.12 bits per heavy atom. The molecule has 0 unspecified atom stereocenters. The SMILES string of the molecule is C=CS(=O)(=O)N1CCC2(CC1)N=C(C1CCCCC1)NC2=O.CC(C)(C)OC(=O)CCCn1ccc2c(/C=C/S(=O)(=O)N3CCC4(CC3)N=C(C3CCCCC3)NC4=O)cccc21.CC(C)(C)OC(=O)CCCn1ccc2c(Br)cccc21.ClCCl.NCCn1ccc2c(/C=C/S(=O)(=O)N3CCC4(CC3)N=C(C3CCCCC3)NC4=O)cccc21. The van der Waals surface area contributed by atoms with Crippen LogP contribution in [0.5, 0.6) is 0 Å². The molecule has 0 bridgehead atoms. The number of carbonyl (C=O) groups is 5. The van der Waals surface area contributed by atoms with Crippen molar-refractivity contribution in [3.05, 3.63) is 130 Å². The number of halogens is 3. The van der Waals surface area contributed by atoms with Crippen molar-refractivity contribution in [3.63, 3.8) is 0 Å². The topological polar surface area (TPSA) is 330 Å². The molecular weight excluding hydrogens is 1690 g/mol. The van der Waals surface area contributed by atoms with Crippen molar-refractivity contribution in [3.8, 4) is 0 Å². The van der Waals surface area contributed by atoms with Gasteiger partial charge in [-0.1, -0.05) is 111 Å². The summed E-state index contributed by atoms with van der Waals surface area (Å²) in [6.07, 6.45) is 31.3. The standard InChI is InChI=1S/C31H42N4O5S.C25H33N5O3S.C16H20BrNO2.C15H23N3O3S.CH2Cl2/c1-30(2,3)40-27(36)13-8-18-34-19-14-25-23(11-7-12-26(25)34)15-22-41(38,39)35-20-16-31(17-21-35)29(37)32-28(33-31)24-9-5-4-6-10-24;26-13-17-29-14-9-21-19(7-4-8-22(21)29)10-18-34(32,33)30-15-11-25(12-16-30)24(31)27-23(28-25)20-5-2-1-3-6-20;1-16(2,3)20-15(19)8-5-10-18-11-9-12-13(17)6-4-7-14(12)18;1-2-22(20,21)18-10-8-15(9-11-18)14(19)16-13(17-15)12-6-4-3-5-7-12;2-1-3/h7,11-12,14-15,19,22,24H,4-6,8-10,13,16-18,20-21H2,1-3H3,(H,32,33,37);4,7-10,14,18,20H,1-3,5-6,11-13,15-17,26H2,(H,27,28,31);4,6-7,9,11H,5,8,10H2,1-3H3;2,12H,1,3-11H2,(H,16,17,19);1H2/b22-15+;18-10+;;;. The summed E-state index contributed by atoms with van der Waals surface area (Å²) in [5, 5.41) is 15.9. The van der Waals surface area contributed by atoms with Crippen LogP contribution in [-0.2, 0) is 83.2 Å². The molecular formula is C88H120BrCl2N13O13S3. The highest BCUT2D eigenvalue weighted by Crippen LogP contribution is 2.40. The third-order valence-electron chi connectivity index (χ3n) is 24.0. The van der Waals surface area contributed by atoms with Gasteiger partial charge in [-0.15, -0.1) is 23.2 Å². The number of amides is 3. The smallest absolute Gasteiger partial charge is 0.306 e. The number of rotatable bonds is 21. The molecule has 3 saturated heterocycles. The number of ether oxygens (including phenoxy) is 2. The summed E-state index contributed by atoms with van der Waals surface area (Å²) in [6, 6.07) is 23.8. The Kier molecular flexibility index (Phi) is 31.8. The van der Waals surface area contributed by atoms with Gasteiger partial charge in [0.05, 0.1) is 5.34 Å². The minimum absolute atomic E-state index is 0.0521. The highest BCUT2D eigenvalue weighted by Gasteiger charge is 2.51. The Hall–Kier alpha value is -7.39. The molecule has 6 aromatic rings. The molecule has 32 heteroatoms. The maximum Gasteiger partial charge on any atom is 0.306 e. The molecule has 9 aliphatic rings. The molecule has 6 aliphatic heterocycles. The van der Waals surface area contributed by atoms with Crippen LogP contribution in [0.4, 0.5) is 0 Å². The molecule has 9 heterocycles. The molecule has 3 spiro atoms. The number of hydrogen-bond donors (Lipinski definition) is 4. The van der Waals surface area contributed by atoms with Crippen LogP contribution in [0.2, 0.25) is 0 Å². The van der Waals surface area contributed by atoms with Gasteiger partial charge in [0.25, 0.3) is 17.7 Å². The minimum atomic E-state index is -3.67. The highest BCUT2D eigenvalue weighted by atomic mass is 79.9. The highest BCUT2D eigenvalue weighted by molar-refractivity contribution is 9.10. The van der Waals surface area contributed by atoms with Gasteiger partial charge in [-0.2, -0.15) is 12.9 Å². The molecule has 3 aromatic carbocycles. The number of sulfonamides is 3. The summed E-state index contributed by atoms with van der Waals surface area (Å²) in [6.45, 7) is 19.1. The molecule has 5 N–H and O–H groups in total. The Morgan fingerprint density at radius 1 is 0.492 bits per heavy atom. The van der Waals surface area contributed by atoms with Gasteiger partial charge in [-0.25, -0.2) is 25.3 Å². The second-order valence-corrected chi connectivity index (χ2v) is 41.8. The molecule has 0 radical (unpaired) electrons. The fourth-order valence-corrected chi connectivity index (χ4v) is 21.3. The molecule has 6 fully saturated rings. The first-order valence-corrected chi connectivity index (χ1v) is 48.9. The Morgan fingerprint density at radius 2 is 0.800 bits per heavy atom. The van der Waals surface area contributed by atoms with E-state index in [0.29, 0.717) is 121 Å². The number of carbonyl (C=O) groups excluding carboxylic acids is 5. The van der Waals surface area contributed by atoms with Crippen LogP contribution in [0.3, 0.4) is 0 Å². The predicted molar refractivity (Wildman–Crippen MR) is 481 cm³/mol. The molecule has 654 valence electrons. The number of alkyl halides is 2. The number of amidine groups is 3. The second kappa shape index (κ2) is 40.9. The van der Waals surface area contributed by atoms with Crippen LogP contribution in [0.15, 0.2) is 134 Å². The number of nitrogens with two attached hydrogens (primary N) is 1. The van der Waals surface area contributed by atoms with Crippen molar-refractivity contribution in [2.75, 3.05) is 51.2 Å². The van der Waals surface area contributed by atoms with Crippen molar-refractivity contribution in [1.82, 2.24) is 42.6 Å². The van der Waals surface area contributed by atoms with E-state index in [2.05, 4.69) is 70.5 Å². The Balaban J connectivity index is 0.000000161.